The summed E-state index contributed by atoms with van der Waals surface area (Å²) in [5.74, 6) is -13.4. The molecule has 0 rings (SSSR count). The van der Waals surface area contributed by atoms with E-state index < -0.39 is 36.9 Å². The van der Waals surface area contributed by atoms with Gasteiger partial charge < -0.3 is 5.73 Å². The van der Waals surface area contributed by atoms with Crippen LogP contribution in [-0.2, 0) is 0 Å². The van der Waals surface area contributed by atoms with Gasteiger partial charge in [0.15, 0.2) is 0 Å². The second-order valence-electron chi connectivity index (χ2n) is 3.04. The van der Waals surface area contributed by atoms with E-state index in [1.807, 2.05) is 0 Å². The maximum absolute atomic E-state index is 12.8. The fourth-order valence-corrected chi connectivity index (χ4v) is 1.02. The van der Waals surface area contributed by atoms with Crippen molar-refractivity contribution in [3.63, 3.8) is 0 Å². The van der Waals surface area contributed by atoms with E-state index in [9.17, 15) is 30.7 Å². The Morgan fingerprint density at radius 2 is 1.40 bits per heavy atom. The Morgan fingerprint density at radius 3 is 1.60 bits per heavy atom. The summed E-state index contributed by atoms with van der Waals surface area (Å²) in [5.41, 5.74) is 4.73. The molecule has 0 radical (unpaired) electrons. The van der Waals surface area contributed by atoms with Gasteiger partial charge >= 0.3 is 18.0 Å². The molecule has 0 saturated heterocycles. The first-order chi connectivity index (χ1) is 6.52. The summed E-state index contributed by atoms with van der Waals surface area (Å²) in [6, 6.07) is 0. The van der Waals surface area contributed by atoms with Crippen molar-refractivity contribution in [1.29, 1.82) is 0 Å². The summed E-state index contributed by atoms with van der Waals surface area (Å²) < 4.78 is 85.5. The lowest BCUT2D eigenvalue weighted by atomic mass is 9.93. The van der Waals surface area contributed by atoms with Crippen LogP contribution in [0.25, 0.3) is 0 Å². The molecular weight excluding hydrogens is 231 g/mol. The molecule has 0 aromatic carbocycles. The third-order valence-corrected chi connectivity index (χ3v) is 2.06. The summed E-state index contributed by atoms with van der Waals surface area (Å²) in [7, 11) is 0. The van der Waals surface area contributed by atoms with E-state index in [4.69, 9.17) is 5.73 Å². The highest BCUT2D eigenvalue weighted by atomic mass is 19.4. The highest BCUT2D eigenvalue weighted by molar-refractivity contribution is 4.95. The van der Waals surface area contributed by atoms with Crippen LogP contribution in [0, 0.1) is 5.92 Å². The van der Waals surface area contributed by atoms with Crippen molar-refractivity contribution in [2.24, 2.45) is 11.7 Å². The summed E-state index contributed by atoms with van der Waals surface area (Å²) in [6.07, 6.45) is -6.84. The van der Waals surface area contributed by atoms with Crippen LogP contribution in [0.2, 0.25) is 0 Å². The number of alkyl halides is 7. The van der Waals surface area contributed by atoms with Crippen LogP contribution >= 0.6 is 0 Å². The van der Waals surface area contributed by atoms with E-state index in [0.29, 0.717) is 0 Å². The highest BCUT2D eigenvalue weighted by Gasteiger charge is 2.74. The van der Waals surface area contributed by atoms with Gasteiger partial charge in [-0.3, -0.25) is 0 Å². The van der Waals surface area contributed by atoms with E-state index in [-0.39, 0.29) is 0 Å². The van der Waals surface area contributed by atoms with Gasteiger partial charge in [0.2, 0.25) is 0 Å². The van der Waals surface area contributed by atoms with Crippen molar-refractivity contribution in [3.8, 4) is 0 Å². The van der Waals surface area contributed by atoms with Crippen LogP contribution in [0.15, 0.2) is 0 Å². The van der Waals surface area contributed by atoms with E-state index in [2.05, 4.69) is 0 Å². The number of rotatable bonds is 4. The summed E-state index contributed by atoms with van der Waals surface area (Å²) in [5, 5.41) is 0. The molecule has 0 unspecified atom stereocenters. The Balaban J connectivity index is 5.16. The van der Waals surface area contributed by atoms with Crippen LogP contribution in [0.4, 0.5) is 30.7 Å². The molecule has 0 spiro atoms. The Labute approximate surface area is 81.4 Å². The second-order valence-corrected chi connectivity index (χ2v) is 3.04. The zero-order valence-corrected chi connectivity index (χ0v) is 7.71. The predicted molar refractivity (Wildman–Crippen MR) is 38.8 cm³/mol. The fourth-order valence-electron chi connectivity index (χ4n) is 1.02. The maximum Gasteiger partial charge on any atom is 0.459 e. The average Bonchev–Trinajstić information content (AvgIpc) is 2.03. The van der Waals surface area contributed by atoms with E-state index in [0.717, 1.165) is 6.92 Å². The molecule has 0 saturated carbocycles. The molecular formula is C7H10F7N. The molecule has 0 aliphatic rings. The number of hydrogen-bond donors (Lipinski definition) is 1. The van der Waals surface area contributed by atoms with E-state index in [1.165, 1.54) is 0 Å². The lowest BCUT2D eigenvalue weighted by molar-refractivity contribution is -0.365. The summed E-state index contributed by atoms with van der Waals surface area (Å²) in [6.45, 7) is 0.132. The molecule has 0 aromatic heterocycles. The molecule has 0 amide bonds. The normalized spacial score (nSPS) is 16.6. The third-order valence-electron chi connectivity index (χ3n) is 2.06. The van der Waals surface area contributed by atoms with Crippen molar-refractivity contribution < 1.29 is 30.7 Å². The minimum Gasteiger partial charge on any atom is -0.330 e. The number of hydrogen-bond acceptors (Lipinski definition) is 1. The van der Waals surface area contributed by atoms with Crippen molar-refractivity contribution >= 4 is 0 Å². The molecule has 8 heteroatoms. The van der Waals surface area contributed by atoms with Crippen molar-refractivity contribution in [1.82, 2.24) is 0 Å². The fraction of sp³-hybridized carbons (Fsp3) is 1.00. The maximum atomic E-state index is 12.8. The molecule has 0 heterocycles. The molecule has 0 aliphatic heterocycles. The first-order valence-electron chi connectivity index (χ1n) is 4.04. The number of halogens is 7. The quantitative estimate of drug-likeness (QED) is 0.752. The lowest BCUT2D eigenvalue weighted by Gasteiger charge is -2.33. The van der Waals surface area contributed by atoms with Crippen molar-refractivity contribution in [2.75, 3.05) is 6.54 Å². The first-order valence-corrected chi connectivity index (χ1v) is 4.04. The largest absolute Gasteiger partial charge is 0.459 e. The van der Waals surface area contributed by atoms with Crippen LogP contribution in [0.3, 0.4) is 0 Å². The highest BCUT2D eigenvalue weighted by Crippen LogP contribution is 2.50. The molecule has 2 N–H and O–H groups in total. The number of nitrogens with two attached hydrogens (primary N) is 1. The first kappa shape index (κ1) is 14.5. The minimum atomic E-state index is -6.28. The predicted octanol–water partition coefficient (Wildman–Crippen LogP) is 2.80. The molecule has 0 aliphatic carbocycles. The summed E-state index contributed by atoms with van der Waals surface area (Å²) >= 11 is 0. The van der Waals surface area contributed by atoms with Gasteiger partial charge in [0, 0.05) is 12.5 Å². The minimum absolute atomic E-state index is 0.560. The second kappa shape index (κ2) is 4.15. The Morgan fingerprint density at radius 1 is 1.00 bits per heavy atom. The van der Waals surface area contributed by atoms with Gasteiger partial charge in [-0.2, -0.15) is 30.7 Å². The lowest BCUT2D eigenvalue weighted by Crippen LogP contribution is -2.56. The molecule has 0 bridgehead atoms. The van der Waals surface area contributed by atoms with Crippen LogP contribution in [0.5, 0.6) is 0 Å². The van der Waals surface area contributed by atoms with Crippen molar-refractivity contribution in [3.05, 3.63) is 0 Å². The molecule has 1 atom stereocenters. The van der Waals surface area contributed by atoms with Gasteiger partial charge in [-0.15, -0.1) is 0 Å². The van der Waals surface area contributed by atoms with Crippen molar-refractivity contribution in [2.45, 2.75) is 31.4 Å². The SMILES string of the molecule is CC[C@@H](CN)C(F)(F)C(F)(F)C(F)(F)F. The topological polar surface area (TPSA) is 26.0 Å². The summed E-state index contributed by atoms with van der Waals surface area (Å²) in [4.78, 5) is 0. The third kappa shape index (κ3) is 2.35. The molecule has 0 fully saturated rings. The van der Waals surface area contributed by atoms with Crippen LogP contribution < -0.4 is 5.73 Å². The monoisotopic (exact) mass is 241 g/mol. The van der Waals surface area contributed by atoms with Gasteiger partial charge in [0.25, 0.3) is 0 Å². The Kier molecular flexibility index (Phi) is 4.00. The van der Waals surface area contributed by atoms with Gasteiger partial charge in [-0.05, 0) is 6.42 Å². The van der Waals surface area contributed by atoms with Crippen LogP contribution in [0.1, 0.15) is 13.3 Å². The van der Waals surface area contributed by atoms with E-state index >= 15 is 0 Å². The Hall–Kier alpha value is -0.530. The standard InChI is InChI=1S/C7H10F7N/c1-2-4(3-15)5(8,9)6(10,11)7(12,13)14/h4H,2-3,15H2,1H3/t4-/m0/s1. The molecule has 15 heavy (non-hydrogen) atoms. The zero-order valence-electron chi connectivity index (χ0n) is 7.71. The molecule has 1 nitrogen and oxygen atoms in total. The molecule has 92 valence electrons. The van der Waals surface area contributed by atoms with Gasteiger partial charge in [0.1, 0.15) is 0 Å². The molecule has 0 aromatic rings. The van der Waals surface area contributed by atoms with Gasteiger partial charge in [-0.25, -0.2) is 0 Å². The Bertz CT molecular complexity index is 206. The van der Waals surface area contributed by atoms with Crippen LogP contribution in [-0.4, -0.2) is 24.6 Å². The van der Waals surface area contributed by atoms with Gasteiger partial charge in [-0.1, -0.05) is 6.92 Å². The van der Waals surface area contributed by atoms with Gasteiger partial charge in [0.05, 0.1) is 0 Å². The zero-order chi connectivity index (χ0) is 12.5. The smallest absolute Gasteiger partial charge is 0.330 e. The van der Waals surface area contributed by atoms with E-state index in [1.54, 1.807) is 0 Å². The average molecular weight is 241 g/mol.